The SMILES string of the molecule is COc1ccc(OC)c(CC(=O)Nc2ccc(C(=O)N(CC(=O)O)Cc3ccc(C(=O)N=C(N)c4ccc(-c5ccc(C)cc5)cc4)cc3)cc2)c1. The second-order valence-corrected chi connectivity index (χ2v) is 12.0. The van der Waals surface area contributed by atoms with Gasteiger partial charge in [-0.1, -0.05) is 66.2 Å². The van der Waals surface area contributed by atoms with Crippen molar-refractivity contribution in [1.29, 1.82) is 0 Å². The molecule has 0 aliphatic heterocycles. The molecule has 0 bridgehead atoms. The first-order valence-corrected chi connectivity index (χ1v) is 16.3. The van der Waals surface area contributed by atoms with E-state index in [0.717, 1.165) is 11.1 Å². The number of nitrogens with zero attached hydrogens (tertiary/aromatic N) is 2. The van der Waals surface area contributed by atoms with Gasteiger partial charge in [-0.15, -0.1) is 0 Å². The normalized spacial score (nSPS) is 11.0. The summed E-state index contributed by atoms with van der Waals surface area (Å²) in [4.78, 5) is 56.0. The molecule has 0 aromatic heterocycles. The van der Waals surface area contributed by atoms with Crippen LogP contribution in [0.5, 0.6) is 11.5 Å². The zero-order chi connectivity index (χ0) is 37.2. The Kier molecular flexibility index (Phi) is 11.8. The molecule has 5 aromatic rings. The van der Waals surface area contributed by atoms with Crippen molar-refractivity contribution in [2.24, 2.45) is 10.7 Å². The number of anilines is 1. The van der Waals surface area contributed by atoms with Crippen molar-refractivity contribution < 1.29 is 33.8 Å². The first kappa shape index (κ1) is 36.5. The van der Waals surface area contributed by atoms with E-state index in [4.69, 9.17) is 15.2 Å². The first-order valence-electron chi connectivity index (χ1n) is 16.3. The van der Waals surface area contributed by atoms with Crippen LogP contribution in [0.1, 0.15) is 43.0 Å². The van der Waals surface area contributed by atoms with Crippen LogP contribution in [-0.2, 0) is 22.6 Å². The summed E-state index contributed by atoms with van der Waals surface area (Å²) >= 11 is 0. The molecule has 3 amide bonds. The van der Waals surface area contributed by atoms with Crippen molar-refractivity contribution in [1.82, 2.24) is 4.90 Å². The predicted molar refractivity (Wildman–Crippen MR) is 199 cm³/mol. The third-order valence-corrected chi connectivity index (χ3v) is 8.23. The lowest BCUT2D eigenvalue weighted by Gasteiger charge is -2.21. The van der Waals surface area contributed by atoms with Crippen LogP contribution in [0.3, 0.4) is 0 Å². The first-order chi connectivity index (χ1) is 25.0. The zero-order valence-corrected chi connectivity index (χ0v) is 29.0. The number of carboxylic acid groups (broad SMARTS) is 1. The van der Waals surface area contributed by atoms with Crippen LogP contribution in [-0.4, -0.2) is 60.3 Å². The number of aliphatic imine (C=N–C) groups is 1. The van der Waals surface area contributed by atoms with Crippen LogP contribution in [0.25, 0.3) is 11.1 Å². The van der Waals surface area contributed by atoms with E-state index in [1.807, 2.05) is 55.5 Å². The summed E-state index contributed by atoms with van der Waals surface area (Å²) in [6, 6.07) is 33.3. The molecule has 4 N–H and O–H groups in total. The highest BCUT2D eigenvalue weighted by Gasteiger charge is 2.20. The molecule has 0 radical (unpaired) electrons. The van der Waals surface area contributed by atoms with E-state index < -0.39 is 24.3 Å². The number of benzene rings is 5. The lowest BCUT2D eigenvalue weighted by Crippen LogP contribution is -2.35. The lowest BCUT2D eigenvalue weighted by atomic mass is 10.0. The molecule has 0 fully saturated rings. The molecule has 0 saturated carbocycles. The minimum Gasteiger partial charge on any atom is -0.497 e. The number of carbonyl (C=O) groups excluding carboxylic acids is 3. The second-order valence-electron chi connectivity index (χ2n) is 12.0. The Bertz CT molecular complexity index is 2090. The second kappa shape index (κ2) is 16.8. The van der Waals surface area contributed by atoms with Gasteiger partial charge in [0.1, 0.15) is 23.9 Å². The molecule has 264 valence electrons. The Morgan fingerprint density at radius 1 is 0.750 bits per heavy atom. The number of hydrogen-bond donors (Lipinski definition) is 3. The van der Waals surface area contributed by atoms with Gasteiger partial charge in [-0.3, -0.25) is 19.2 Å². The van der Waals surface area contributed by atoms with E-state index >= 15 is 0 Å². The number of hydrogen-bond acceptors (Lipinski definition) is 6. The van der Waals surface area contributed by atoms with Gasteiger partial charge in [-0.05, 0) is 78.2 Å². The van der Waals surface area contributed by atoms with Crippen LogP contribution >= 0.6 is 0 Å². The van der Waals surface area contributed by atoms with Gasteiger partial charge >= 0.3 is 5.97 Å². The fourth-order valence-corrected chi connectivity index (χ4v) is 5.43. The summed E-state index contributed by atoms with van der Waals surface area (Å²) in [7, 11) is 3.05. The molecule has 0 spiro atoms. The number of aryl methyl sites for hydroxylation is 1. The van der Waals surface area contributed by atoms with E-state index in [-0.39, 0.29) is 35.8 Å². The van der Waals surface area contributed by atoms with Crippen LogP contribution in [0, 0.1) is 6.92 Å². The Morgan fingerprint density at radius 3 is 1.94 bits per heavy atom. The van der Waals surface area contributed by atoms with Crippen molar-refractivity contribution >= 4 is 35.2 Å². The Labute approximate surface area is 301 Å². The minimum atomic E-state index is -1.19. The average Bonchev–Trinajstić information content (AvgIpc) is 3.15. The van der Waals surface area contributed by atoms with Gasteiger partial charge in [0.25, 0.3) is 11.8 Å². The smallest absolute Gasteiger partial charge is 0.323 e. The largest absolute Gasteiger partial charge is 0.497 e. The van der Waals surface area contributed by atoms with Crippen LogP contribution < -0.4 is 20.5 Å². The number of amides is 3. The number of carboxylic acids is 1. The number of nitrogens with two attached hydrogens (primary N) is 1. The quantitative estimate of drug-likeness (QED) is 0.0978. The molecular formula is C41H38N4O7. The Hall–Kier alpha value is -6.75. The maximum absolute atomic E-state index is 13.4. The van der Waals surface area contributed by atoms with E-state index in [1.54, 1.807) is 54.6 Å². The van der Waals surface area contributed by atoms with Crippen LogP contribution in [0.4, 0.5) is 5.69 Å². The third-order valence-electron chi connectivity index (χ3n) is 8.23. The van der Waals surface area contributed by atoms with Gasteiger partial charge in [-0.25, -0.2) is 0 Å². The number of aliphatic carboxylic acids is 1. The molecule has 0 atom stereocenters. The standard InChI is InChI=1S/C41H38N4O7/c1-26-4-8-28(9-5-26)29-12-14-30(15-13-29)39(42)44-40(49)31-10-6-27(7-11-31)24-45(25-38(47)48)41(50)32-16-18-34(19-17-32)43-37(46)23-33-22-35(51-2)20-21-36(33)52-3/h4-22H,23-25H2,1-3H3,(H,43,46)(H,47,48)(H2,42,44,49). The number of rotatable bonds is 13. The monoisotopic (exact) mass is 698 g/mol. The molecule has 11 nitrogen and oxygen atoms in total. The maximum Gasteiger partial charge on any atom is 0.323 e. The highest BCUT2D eigenvalue weighted by molar-refractivity contribution is 6.09. The number of amidine groups is 1. The summed E-state index contributed by atoms with van der Waals surface area (Å²) in [5, 5.41) is 12.3. The highest BCUT2D eigenvalue weighted by atomic mass is 16.5. The summed E-state index contributed by atoms with van der Waals surface area (Å²) in [5.74, 6) is -1.34. The van der Waals surface area contributed by atoms with Gasteiger partial charge in [0.15, 0.2) is 0 Å². The van der Waals surface area contributed by atoms with Gasteiger partial charge in [0, 0.05) is 34.5 Å². The summed E-state index contributed by atoms with van der Waals surface area (Å²) in [6.45, 7) is 1.45. The van der Waals surface area contributed by atoms with Crippen molar-refractivity contribution in [3.8, 4) is 22.6 Å². The molecule has 5 aromatic carbocycles. The van der Waals surface area contributed by atoms with Crippen molar-refractivity contribution in [2.45, 2.75) is 19.9 Å². The number of methoxy groups -OCH3 is 2. The Balaban J connectivity index is 1.21. The van der Waals surface area contributed by atoms with E-state index in [9.17, 15) is 24.3 Å². The van der Waals surface area contributed by atoms with Crippen LogP contribution in [0.15, 0.2) is 120 Å². The molecule has 0 aliphatic carbocycles. The fourth-order valence-electron chi connectivity index (χ4n) is 5.43. The number of nitrogens with one attached hydrogen (secondary N) is 1. The predicted octanol–water partition coefficient (Wildman–Crippen LogP) is 6.13. The zero-order valence-electron chi connectivity index (χ0n) is 29.0. The fraction of sp³-hybridized carbons (Fsp3) is 0.146. The third kappa shape index (κ3) is 9.48. The Morgan fingerprint density at radius 2 is 1.35 bits per heavy atom. The van der Waals surface area contributed by atoms with Crippen molar-refractivity contribution in [2.75, 3.05) is 26.1 Å². The van der Waals surface area contributed by atoms with Gasteiger partial charge in [0.05, 0.1) is 20.6 Å². The molecule has 11 heteroatoms. The summed E-state index contributed by atoms with van der Waals surface area (Å²) in [6.07, 6.45) is 0.0281. The van der Waals surface area contributed by atoms with Gasteiger partial charge in [-0.2, -0.15) is 4.99 Å². The molecular weight excluding hydrogens is 660 g/mol. The minimum absolute atomic E-state index is 0.0281. The van der Waals surface area contributed by atoms with Gasteiger partial charge < -0.3 is 30.5 Å². The maximum atomic E-state index is 13.4. The van der Waals surface area contributed by atoms with E-state index in [2.05, 4.69) is 10.3 Å². The van der Waals surface area contributed by atoms with E-state index in [1.165, 1.54) is 36.8 Å². The molecule has 5 rings (SSSR count). The average molecular weight is 699 g/mol. The molecule has 52 heavy (non-hydrogen) atoms. The molecule has 0 heterocycles. The number of ether oxygens (including phenoxy) is 2. The summed E-state index contributed by atoms with van der Waals surface area (Å²) in [5.41, 5.74) is 12.2. The molecule has 0 saturated heterocycles. The van der Waals surface area contributed by atoms with Crippen molar-refractivity contribution in [3.05, 3.63) is 149 Å². The van der Waals surface area contributed by atoms with Gasteiger partial charge in [0.2, 0.25) is 5.91 Å². The topological polar surface area (TPSA) is 161 Å². The molecule has 0 unspecified atom stereocenters. The van der Waals surface area contributed by atoms with Crippen LogP contribution in [0.2, 0.25) is 0 Å². The molecule has 0 aliphatic rings. The number of carbonyl (C=O) groups is 4. The highest BCUT2D eigenvalue weighted by Crippen LogP contribution is 2.25. The van der Waals surface area contributed by atoms with Crippen molar-refractivity contribution in [3.63, 3.8) is 0 Å². The van der Waals surface area contributed by atoms with E-state index in [0.29, 0.717) is 33.9 Å². The summed E-state index contributed by atoms with van der Waals surface area (Å²) < 4.78 is 10.6. The lowest BCUT2D eigenvalue weighted by molar-refractivity contribution is -0.137.